The zero-order valence-electron chi connectivity index (χ0n) is 6.39. The first-order valence-electron chi connectivity index (χ1n) is 3.21. The molecular formula is C7H13O2+. The average molecular weight is 129 g/mol. The number of esters is 1. The van der Waals surface area contributed by atoms with Crippen LogP contribution in [0.4, 0.5) is 0 Å². The summed E-state index contributed by atoms with van der Waals surface area (Å²) in [5.74, 6) is 0.688. The van der Waals surface area contributed by atoms with Gasteiger partial charge in [-0.3, -0.25) is 0 Å². The Morgan fingerprint density at radius 1 is 1.56 bits per heavy atom. The summed E-state index contributed by atoms with van der Waals surface area (Å²) in [6.45, 7) is 7.89. The van der Waals surface area contributed by atoms with Crippen molar-refractivity contribution in [2.75, 3.05) is 0 Å². The van der Waals surface area contributed by atoms with Crippen LogP contribution >= 0.6 is 0 Å². The summed E-state index contributed by atoms with van der Waals surface area (Å²) in [7, 11) is 0. The van der Waals surface area contributed by atoms with Gasteiger partial charge in [0.2, 0.25) is 0 Å². The van der Waals surface area contributed by atoms with Crippen molar-refractivity contribution in [2.45, 2.75) is 39.4 Å². The third-order valence-corrected chi connectivity index (χ3v) is 1.73. The fourth-order valence-electron chi connectivity index (χ4n) is 0.868. The largest absolute Gasteiger partial charge is 0.482 e. The van der Waals surface area contributed by atoms with Gasteiger partial charge in [-0.2, -0.15) is 0 Å². The standard InChI is InChI=1S/C7H13O2/c1-5-7(3,4)9-6(2)8-5/h5H,1-4H3/q+1. The smallest absolute Gasteiger partial charge is 0.312 e. The molecule has 0 aromatic heterocycles. The predicted molar refractivity (Wildman–Crippen MR) is 35.3 cm³/mol. The molecule has 0 fully saturated rings. The molecule has 0 N–H and O–H groups in total. The topological polar surface area (TPSA) is 20.5 Å². The molecule has 1 unspecified atom stereocenters. The molecule has 0 spiro atoms. The Bertz CT molecular complexity index is 147. The fourth-order valence-corrected chi connectivity index (χ4v) is 0.868. The lowest BCUT2D eigenvalue weighted by Gasteiger charge is -2.08. The van der Waals surface area contributed by atoms with E-state index in [0.29, 0.717) is 5.97 Å². The van der Waals surface area contributed by atoms with Gasteiger partial charge in [0.15, 0.2) is 0 Å². The zero-order chi connectivity index (χ0) is 7.07. The Hall–Kier alpha value is -0.530. The maximum absolute atomic E-state index is 5.36. The van der Waals surface area contributed by atoms with Gasteiger partial charge in [-0.1, -0.05) is 0 Å². The van der Waals surface area contributed by atoms with Crippen molar-refractivity contribution in [2.24, 2.45) is 0 Å². The van der Waals surface area contributed by atoms with Gasteiger partial charge in [0.1, 0.15) is 0 Å². The van der Waals surface area contributed by atoms with Crippen LogP contribution in [0, 0.1) is 0 Å². The summed E-state index contributed by atoms with van der Waals surface area (Å²) in [6, 6.07) is 0. The Balaban J connectivity index is 2.71. The molecule has 0 aromatic carbocycles. The molecule has 0 amide bonds. The number of hydrogen-bond donors (Lipinski definition) is 0. The summed E-state index contributed by atoms with van der Waals surface area (Å²) >= 11 is 0. The monoisotopic (exact) mass is 129 g/mol. The van der Waals surface area contributed by atoms with Crippen LogP contribution < -0.4 is 0 Å². The molecule has 1 heterocycles. The maximum atomic E-state index is 5.36. The van der Waals surface area contributed by atoms with Gasteiger partial charge in [0.05, 0.1) is 6.92 Å². The van der Waals surface area contributed by atoms with E-state index in [-0.39, 0.29) is 11.7 Å². The van der Waals surface area contributed by atoms with Crippen LogP contribution in [0.2, 0.25) is 0 Å². The van der Waals surface area contributed by atoms with Gasteiger partial charge in [0, 0.05) is 20.8 Å². The molecule has 1 atom stereocenters. The van der Waals surface area contributed by atoms with E-state index in [1.54, 1.807) is 0 Å². The number of rotatable bonds is 0. The molecule has 0 aliphatic carbocycles. The number of carbonyl (C=O) groups excluding carboxylic acids is 1. The third-order valence-electron chi connectivity index (χ3n) is 1.73. The minimum absolute atomic E-state index is 0.135. The molecular weight excluding hydrogens is 116 g/mol. The van der Waals surface area contributed by atoms with Crippen LogP contribution in [0.5, 0.6) is 0 Å². The minimum Gasteiger partial charge on any atom is -0.312 e. The van der Waals surface area contributed by atoms with E-state index < -0.39 is 0 Å². The van der Waals surface area contributed by atoms with Crippen LogP contribution in [-0.2, 0) is 9.16 Å². The minimum atomic E-state index is -0.135. The molecule has 52 valence electrons. The van der Waals surface area contributed by atoms with Crippen LogP contribution in [-0.4, -0.2) is 17.7 Å². The molecule has 0 radical (unpaired) electrons. The predicted octanol–water partition coefficient (Wildman–Crippen LogP) is 1.27. The van der Waals surface area contributed by atoms with Crippen molar-refractivity contribution >= 4 is 5.97 Å². The van der Waals surface area contributed by atoms with Crippen molar-refractivity contribution in [1.29, 1.82) is 0 Å². The van der Waals surface area contributed by atoms with Crippen LogP contribution in [0.15, 0.2) is 0 Å². The highest BCUT2D eigenvalue weighted by molar-refractivity contribution is 5.68. The SMILES string of the molecule is CC1=[O+]C(C)C(C)(C)O1. The van der Waals surface area contributed by atoms with Crippen molar-refractivity contribution in [3.8, 4) is 0 Å². The lowest BCUT2D eigenvalue weighted by Crippen LogP contribution is -2.31. The van der Waals surface area contributed by atoms with E-state index in [2.05, 4.69) is 0 Å². The molecule has 0 saturated heterocycles. The first kappa shape index (κ1) is 6.59. The number of ether oxygens (including phenoxy) is 1. The highest BCUT2D eigenvalue weighted by atomic mass is 16.6. The highest BCUT2D eigenvalue weighted by Gasteiger charge is 2.45. The van der Waals surface area contributed by atoms with Crippen molar-refractivity contribution in [1.82, 2.24) is 0 Å². The van der Waals surface area contributed by atoms with Crippen LogP contribution in [0.1, 0.15) is 27.7 Å². The molecule has 1 aliphatic heterocycles. The van der Waals surface area contributed by atoms with E-state index in [1.165, 1.54) is 0 Å². The summed E-state index contributed by atoms with van der Waals surface area (Å²) in [6.07, 6.45) is 0.178. The lowest BCUT2D eigenvalue weighted by atomic mass is 10.0. The van der Waals surface area contributed by atoms with Gasteiger partial charge in [-0.25, -0.2) is 0 Å². The van der Waals surface area contributed by atoms with Crippen LogP contribution in [0.25, 0.3) is 0 Å². The molecule has 2 heteroatoms. The second-order valence-electron chi connectivity index (χ2n) is 2.96. The molecule has 9 heavy (non-hydrogen) atoms. The van der Waals surface area contributed by atoms with Gasteiger partial charge >= 0.3 is 5.97 Å². The Morgan fingerprint density at radius 2 is 2.11 bits per heavy atom. The van der Waals surface area contributed by atoms with Gasteiger partial charge in [-0.05, 0) is 0 Å². The van der Waals surface area contributed by atoms with Crippen molar-refractivity contribution in [3.63, 3.8) is 0 Å². The summed E-state index contributed by atoms with van der Waals surface area (Å²) in [5, 5.41) is 0. The summed E-state index contributed by atoms with van der Waals surface area (Å²) < 4.78 is 10.6. The second kappa shape index (κ2) is 1.72. The van der Waals surface area contributed by atoms with E-state index >= 15 is 0 Å². The van der Waals surface area contributed by atoms with E-state index in [1.807, 2.05) is 27.7 Å². The van der Waals surface area contributed by atoms with Gasteiger partial charge in [0.25, 0.3) is 11.7 Å². The van der Waals surface area contributed by atoms with E-state index in [9.17, 15) is 0 Å². The first-order chi connectivity index (χ1) is 4.02. The summed E-state index contributed by atoms with van der Waals surface area (Å²) in [4.78, 5) is 0. The van der Waals surface area contributed by atoms with Gasteiger partial charge in [-0.15, -0.1) is 0 Å². The van der Waals surface area contributed by atoms with Crippen LogP contribution in [0.3, 0.4) is 0 Å². The first-order valence-corrected chi connectivity index (χ1v) is 3.21. The fraction of sp³-hybridized carbons (Fsp3) is 0.857. The van der Waals surface area contributed by atoms with Crippen molar-refractivity contribution in [3.05, 3.63) is 0 Å². The highest BCUT2D eigenvalue weighted by Crippen LogP contribution is 2.20. The Morgan fingerprint density at radius 3 is 2.22 bits per heavy atom. The second-order valence-corrected chi connectivity index (χ2v) is 2.96. The molecule has 0 saturated carbocycles. The maximum Gasteiger partial charge on any atom is 0.482 e. The Kier molecular flexibility index (Phi) is 1.26. The molecule has 2 nitrogen and oxygen atoms in total. The van der Waals surface area contributed by atoms with Crippen molar-refractivity contribution < 1.29 is 9.16 Å². The van der Waals surface area contributed by atoms with E-state index in [4.69, 9.17) is 9.16 Å². The quantitative estimate of drug-likeness (QED) is 0.356. The molecule has 1 aliphatic rings. The Labute approximate surface area is 55.5 Å². The van der Waals surface area contributed by atoms with E-state index in [0.717, 1.165) is 0 Å². The molecule has 1 rings (SSSR count). The number of hydrogen-bond acceptors (Lipinski definition) is 1. The van der Waals surface area contributed by atoms with Gasteiger partial charge < -0.3 is 9.16 Å². The number of cyclic esters (lactones) is 1. The summed E-state index contributed by atoms with van der Waals surface area (Å²) in [5.41, 5.74) is -0.135. The normalized spacial score (nSPS) is 31.6. The molecule has 0 bridgehead atoms. The average Bonchev–Trinajstić information content (AvgIpc) is 1.79. The third kappa shape index (κ3) is 1.07. The molecule has 0 aromatic rings. The zero-order valence-corrected chi connectivity index (χ0v) is 6.39. The lowest BCUT2D eigenvalue weighted by molar-refractivity contribution is -0.496.